The molecule has 0 saturated heterocycles. The fourth-order valence-corrected chi connectivity index (χ4v) is 2.63. The third-order valence-corrected chi connectivity index (χ3v) is 4.10. The molecule has 0 radical (unpaired) electrons. The quantitative estimate of drug-likeness (QED) is 0.529. The Kier molecular flexibility index (Phi) is 6.85. The van der Waals surface area contributed by atoms with Crippen LogP contribution in [-0.4, -0.2) is 19.1 Å². The Labute approximate surface area is 165 Å². The molecule has 3 aromatic rings. The zero-order valence-electron chi connectivity index (χ0n) is 15.6. The first kappa shape index (κ1) is 19.2. The van der Waals surface area contributed by atoms with Crippen LogP contribution >= 0.6 is 0 Å². The Morgan fingerprint density at radius 1 is 0.857 bits per heavy atom. The zero-order chi connectivity index (χ0) is 19.6. The number of hydrogen-bond acceptors (Lipinski definition) is 3. The third-order valence-electron chi connectivity index (χ3n) is 4.10. The Morgan fingerprint density at radius 3 is 2.18 bits per heavy atom. The number of benzene rings is 3. The maximum Gasteiger partial charge on any atom is 0.255 e. The highest BCUT2D eigenvalue weighted by Crippen LogP contribution is 2.18. The highest BCUT2D eigenvalue weighted by molar-refractivity contribution is 6.04. The van der Waals surface area contributed by atoms with Crippen LogP contribution in [-0.2, 0) is 6.42 Å². The summed E-state index contributed by atoms with van der Waals surface area (Å²) in [6, 6.07) is 24.6. The molecule has 1 N–H and O–H groups in total. The van der Waals surface area contributed by atoms with E-state index in [1.54, 1.807) is 30.3 Å². The number of ether oxygens (including phenoxy) is 2. The molecule has 0 unspecified atom stereocenters. The first-order chi connectivity index (χ1) is 13.7. The molecule has 0 saturated carbocycles. The van der Waals surface area contributed by atoms with Crippen LogP contribution in [0.5, 0.6) is 11.5 Å². The van der Waals surface area contributed by atoms with Gasteiger partial charge in [0, 0.05) is 17.7 Å². The van der Waals surface area contributed by atoms with Crippen LogP contribution in [0, 0.1) is 0 Å². The van der Waals surface area contributed by atoms with Crippen molar-refractivity contribution in [3.8, 4) is 11.5 Å². The molecule has 3 aromatic carbocycles. The molecule has 0 aliphatic rings. The Bertz CT molecular complexity index is 887. The topological polar surface area (TPSA) is 47.6 Å². The summed E-state index contributed by atoms with van der Waals surface area (Å²) in [4.78, 5) is 12.4. The summed E-state index contributed by atoms with van der Waals surface area (Å²) >= 11 is 0. The average molecular weight is 373 g/mol. The Hall–Kier alpha value is -3.53. The molecular weight excluding hydrogens is 350 g/mol. The third kappa shape index (κ3) is 5.74. The molecule has 0 atom stereocenters. The lowest BCUT2D eigenvalue weighted by atomic mass is 10.2. The van der Waals surface area contributed by atoms with E-state index in [1.165, 1.54) is 5.56 Å². The van der Waals surface area contributed by atoms with E-state index >= 15 is 0 Å². The molecular formula is C24H23NO3. The maximum absolute atomic E-state index is 12.4. The molecule has 4 heteroatoms. The van der Waals surface area contributed by atoms with Crippen molar-refractivity contribution in [2.75, 3.05) is 18.5 Å². The SMILES string of the molecule is C=CCOc1ccc(C(=O)Nc2ccc(OCCc3ccccc3)cc2)cc1. The van der Waals surface area contributed by atoms with Gasteiger partial charge in [-0.2, -0.15) is 0 Å². The maximum atomic E-state index is 12.4. The van der Waals surface area contributed by atoms with Crippen molar-refractivity contribution in [1.82, 2.24) is 0 Å². The largest absolute Gasteiger partial charge is 0.493 e. The molecule has 4 nitrogen and oxygen atoms in total. The lowest BCUT2D eigenvalue weighted by Crippen LogP contribution is -2.11. The van der Waals surface area contributed by atoms with Gasteiger partial charge in [-0.25, -0.2) is 0 Å². The van der Waals surface area contributed by atoms with Gasteiger partial charge in [0.05, 0.1) is 6.61 Å². The first-order valence-corrected chi connectivity index (χ1v) is 9.16. The van der Waals surface area contributed by atoms with Crippen LogP contribution in [0.15, 0.2) is 91.5 Å². The van der Waals surface area contributed by atoms with Crippen molar-refractivity contribution in [2.45, 2.75) is 6.42 Å². The summed E-state index contributed by atoms with van der Waals surface area (Å²) < 4.78 is 11.2. The monoisotopic (exact) mass is 373 g/mol. The number of anilines is 1. The van der Waals surface area contributed by atoms with Gasteiger partial charge >= 0.3 is 0 Å². The van der Waals surface area contributed by atoms with Crippen molar-refractivity contribution in [3.63, 3.8) is 0 Å². The van der Waals surface area contributed by atoms with E-state index < -0.39 is 0 Å². The fourth-order valence-electron chi connectivity index (χ4n) is 2.63. The molecule has 0 fully saturated rings. The van der Waals surface area contributed by atoms with E-state index in [2.05, 4.69) is 24.0 Å². The van der Waals surface area contributed by atoms with E-state index in [1.807, 2.05) is 42.5 Å². The number of hydrogen-bond donors (Lipinski definition) is 1. The smallest absolute Gasteiger partial charge is 0.255 e. The summed E-state index contributed by atoms with van der Waals surface area (Å²) in [6.45, 7) is 4.65. The molecule has 0 heterocycles. The second-order valence-electron chi connectivity index (χ2n) is 6.19. The van der Waals surface area contributed by atoms with Gasteiger partial charge < -0.3 is 14.8 Å². The zero-order valence-corrected chi connectivity index (χ0v) is 15.6. The minimum Gasteiger partial charge on any atom is -0.493 e. The highest BCUT2D eigenvalue weighted by Gasteiger charge is 2.06. The Morgan fingerprint density at radius 2 is 1.50 bits per heavy atom. The highest BCUT2D eigenvalue weighted by atomic mass is 16.5. The van der Waals surface area contributed by atoms with Crippen molar-refractivity contribution >= 4 is 11.6 Å². The van der Waals surface area contributed by atoms with Crippen molar-refractivity contribution in [3.05, 3.63) is 103 Å². The second kappa shape index (κ2) is 9.97. The summed E-state index contributed by atoms with van der Waals surface area (Å²) in [6.07, 6.45) is 2.53. The molecule has 0 aliphatic carbocycles. The van der Waals surface area contributed by atoms with Crippen LogP contribution in [0.1, 0.15) is 15.9 Å². The number of rotatable bonds is 9. The normalized spacial score (nSPS) is 10.1. The summed E-state index contributed by atoms with van der Waals surface area (Å²) in [5.41, 5.74) is 2.52. The predicted molar refractivity (Wildman–Crippen MR) is 112 cm³/mol. The predicted octanol–water partition coefficient (Wildman–Crippen LogP) is 5.13. The molecule has 0 bridgehead atoms. The minimum absolute atomic E-state index is 0.173. The molecule has 28 heavy (non-hydrogen) atoms. The fraction of sp³-hybridized carbons (Fsp3) is 0.125. The van der Waals surface area contributed by atoms with Gasteiger partial charge in [-0.15, -0.1) is 0 Å². The Balaban J connectivity index is 1.49. The molecule has 1 amide bonds. The van der Waals surface area contributed by atoms with Crippen LogP contribution in [0.2, 0.25) is 0 Å². The average Bonchev–Trinajstić information content (AvgIpc) is 2.74. The molecule has 0 spiro atoms. The lowest BCUT2D eigenvalue weighted by molar-refractivity contribution is 0.102. The molecule has 142 valence electrons. The van der Waals surface area contributed by atoms with Gasteiger partial charge in [-0.1, -0.05) is 43.0 Å². The van der Waals surface area contributed by atoms with Gasteiger partial charge in [-0.05, 0) is 54.1 Å². The van der Waals surface area contributed by atoms with Crippen molar-refractivity contribution in [1.29, 1.82) is 0 Å². The number of amides is 1. The van der Waals surface area contributed by atoms with Crippen LogP contribution in [0.3, 0.4) is 0 Å². The van der Waals surface area contributed by atoms with E-state index in [0.29, 0.717) is 30.2 Å². The number of carbonyl (C=O) groups is 1. The van der Waals surface area contributed by atoms with E-state index in [9.17, 15) is 4.79 Å². The standard InChI is InChI=1S/C24H23NO3/c1-2-17-27-22-12-8-20(9-13-22)24(26)25-21-10-14-23(15-11-21)28-18-16-19-6-4-3-5-7-19/h2-15H,1,16-18H2,(H,25,26). The lowest BCUT2D eigenvalue weighted by Gasteiger charge is -2.09. The van der Waals surface area contributed by atoms with Gasteiger partial charge in [0.25, 0.3) is 5.91 Å². The summed E-state index contributed by atoms with van der Waals surface area (Å²) in [5, 5.41) is 2.88. The number of nitrogens with one attached hydrogen (secondary N) is 1. The van der Waals surface area contributed by atoms with Crippen LogP contribution < -0.4 is 14.8 Å². The van der Waals surface area contributed by atoms with Gasteiger partial charge in [0.15, 0.2) is 0 Å². The summed E-state index contributed by atoms with van der Waals surface area (Å²) in [5.74, 6) is 1.30. The molecule has 3 rings (SSSR count). The number of carbonyl (C=O) groups excluding carboxylic acids is 1. The van der Waals surface area contributed by atoms with E-state index in [4.69, 9.17) is 9.47 Å². The minimum atomic E-state index is -0.173. The van der Waals surface area contributed by atoms with Gasteiger partial charge in [0.1, 0.15) is 18.1 Å². The van der Waals surface area contributed by atoms with Crippen LogP contribution in [0.25, 0.3) is 0 Å². The van der Waals surface area contributed by atoms with Crippen LogP contribution in [0.4, 0.5) is 5.69 Å². The molecule has 0 aliphatic heterocycles. The van der Waals surface area contributed by atoms with Gasteiger partial charge in [-0.3, -0.25) is 4.79 Å². The van der Waals surface area contributed by atoms with E-state index in [0.717, 1.165) is 12.2 Å². The van der Waals surface area contributed by atoms with Crippen molar-refractivity contribution in [2.24, 2.45) is 0 Å². The second-order valence-corrected chi connectivity index (χ2v) is 6.19. The summed E-state index contributed by atoms with van der Waals surface area (Å²) in [7, 11) is 0. The van der Waals surface area contributed by atoms with E-state index in [-0.39, 0.29) is 5.91 Å². The first-order valence-electron chi connectivity index (χ1n) is 9.16. The molecule has 0 aromatic heterocycles. The van der Waals surface area contributed by atoms with Crippen molar-refractivity contribution < 1.29 is 14.3 Å². The van der Waals surface area contributed by atoms with Gasteiger partial charge in [0.2, 0.25) is 0 Å².